The molecular formula is C15H19N7OS. The van der Waals surface area contributed by atoms with E-state index >= 15 is 0 Å². The van der Waals surface area contributed by atoms with Gasteiger partial charge in [0.2, 0.25) is 0 Å². The van der Waals surface area contributed by atoms with Crippen LogP contribution >= 0.6 is 11.8 Å². The normalized spacial score (nSPS) is 24.2. The highest BCUT2D eigenvalue weighted by molar-refractivity contribution is 8.04. The van der Waals surface area contributed by atoms with Crippen molar-refractivity contribution in [3.8, 4) is 0 Å². The fourth-order valence-electron chi connectivity index (χ4n) is 3.17. The number of nitrogens with one attached hydrogen (secondary N) is 2. The number of carbonyl (C=O) groups excluding carboxylic acids is 1. The van der Waals surface area contributed by atoms with Crippen molar-refractivity contribution in [3.05, 3.63) is 23.8 Å². The van der Waals surface area contributed by atoms with Crippen LogP contribution in [0.5, 0.6) is 0 Å². The molecule has 9 heteroatoms. The van der Waals surface area contributed by atoms with Crippen LogP contribution in [-0.2, 0) is 4.79 Å². The van der Waals surface area contributed by atoms with Crippen LogP contribution in [0.15, 0.2) is 23.8 Å². The summed E-state index contributed by atoms with van der Waals surface area (Å²) in [6.07, 6.45) is 7.94. The molecule has 4 N–H and O–H groups in total. The first-order valence-electron chi connectivity index (χ1n) is 8.04. The summed E-state index contributed by atoms with van der Waals surface area (Å²) in [7, 11) is 0. The minimum absolute atomic E-state index is 0.0537. The fourth-order valence-corrected chi connectivity index (χ4v) is 4.07. The summed E-state index contributed by atoms with van der Waals surface area (Å²) in [6, 6.07) is 0.137. The summed E-state index contributed by atoms with van der Waals surface area (Å²) in [4.78, 5) is 30.9. The Labute approximate surface area is 143 Å². The van der Waals surface area contributed by atoms with Gasteiger partial charge in [-0.2, -0.15) is 0 Å². The van der Waals surface area contributed by atoms with Crippen molar-refractivity contribution in [3.63, 3.8) is 0 Å². The van der Waals surface area contributed by atoms with E-state index in [0.29, 0.717) is 10.6 Å². The Morgan fingerprint density at radius 3 is 3.12 bits per heavy atom. The first kappa shape index (κ1) is 15.4. The zero-order valence-electron chi connectivity index (χ0n) is 13.1. The lowest BCUT2D eigenvalue weighted by atomic mass is 10.2. The molecule has 0 bridgehead atoms. The molecule has 0 radical (unpaired) electrons. The molecule has 2 aliphatic rings. The molecule has 1 saturated carbocycles. The second-order valence-electron chi connectivity index (χ2n) is 6.01. The molecule has 0 spiro atoms. The maximum absolute atomic E-state index is 12.6. The van der Waals surface area contributed by atoms with E-state index in [-0.39, 0.29) is 18.0 Å². The number of imidazole rings is 1. The van der Waals surface area contributed by atoms with Crippen LogP contribution in [0, 0.1) is 0 Å². The number of hydrogen-bond donors (Lipinski definition) is 3. The molecule has 0 saturated heterocycles. The Morgan fingerprint density at radius 1 is 1.38 bits per heavy atom. The molecule has 2 aromatic rings. The number of amides is 1. The number of nitrogens with zero attached hydrogens (tertiary/aromatic N) is 4. The quantitative estimate of drug-likeness (QED) is 0.752. The molecule has 0 unspecified atom stereocenters. The van der Waals surface area contributed by atoms with Crippen molar-refractivity contribution in [1.82, 2.24) is 25.3 Å². The molecule has 126 valence electrons. The van der Waals surface area contributed by atoms with Gasteiger partial charge in [-0.3, -0.25) is 4.79 Å². The Kier molecular flexibility index (Phi) is 4.11. The van der Waals surface area contributed by atoms with Gasteiger partial charge < -0.3 is 20.9 Å². The van der Waals surface area contributed by atoms with Crippen LogP contribution in [0.4, 0.5) is 5.82 Å². The fraction of sp³-hybridized carbons (Fsp3) is 0.467. The van der Waals surface area contributed by atoms with E-state index in [1.54, 1.807) is 18.1 Å². The summed E-state index contributed by atoms with van der Waals surface area (Å²) in [5.74, 6) is 1.50. The van der Waals surface area contributed by atoms with Gasteiger partial charge >= 0.3 is 0 Å². The van der Waals surface area contributed by atoms with Gasteiger partial charge in [-0.1, -0.05) is 0 Å². The SMILES string of the molecule is N[C@@H]1CCC[C@H]1NC(=O)C1=CN(c2ncnc3nc[nH]c23)CCS1. The maximum Gasteiger partial charge on any atom is 0.259 e. The smallest absolute Gasteiger partial charge is 0.259 e. The monoisotopic (exact) mass is 345 g/mol. The first-order valence-corrected chi connectivity index (χ1v) is 9.03. The van der Waals surface area contributed by atoms with Crippen LogP contribution in [-0.4, -0.2) is 50.2 Å². The minimum Gasteiger partial charge on any atom is -0.347 e. The Balaban J connectivity index is 1.56. The lowest BCUT2D eigenvalue weighted by molar-refractivity contribution is -0.117. The van der Waals surface area contributed by atoms with Gasteiger partial charge in [0.1, 0.15) is 11.8 Å². The zero-order valence-corrected chi connectivity index (χ0v) is 13.9. The van der Waals surface area contributed by atoms with Crippen molar-refractivity contribution in [2.45, 2.75) is 31.3 Å². The Morgan fingerprint density at radius 2 is 2.29 bits per heavy atom. The number of nitrogens with two attached hydrogens (primary N) is 1. The van der Waals surface area contributed by atoms with Gasteiger partial charge in [0.15, 0.2) is 11.5 Å². The lowest BCUT2D eigenvalue weighted by Gasteiger charge is -2.26. The molecule has 2 aromatic heterocycles. The average molecular weight is 345 g/mol. The van der Waals surface area contributed by atoms with Gasteiger partial charge in [0.05, 0.1) is 11.2 Å². The third-order valence-electron chi connectivity index (χ3n) is 4.45. The molecule has 1 amide bonds. The molecule has 3 heterocycles. The number of thioether (sulfide) groups is 1. The molecule has 1 fully saturated rings. The summed E-state index contributed by atoms with van der Waals surface area (Å²) in [6.45, 7) is 0.773. The summed E-state index contributed by atoms with van der Waals surface area (Å²) >= 11 is 1.56. The van der Waals surface area contributed by atoms with Crippen LogP contribution in [0.3, 0.4) is 0 Å². The molecule has 2 atom stereocenters. The van der Waals surface area contributed by atoms with Crippen molar-refractivity contribution in [1.29, 1.82) is 0 Å². The standard InChI is InChI=1S/C15H19N7OS/c16-9-2-1-3-10(9)21-15(23)11-6-22(4-5-24-11)14-12-13(18-7-17-12)19-8-20-14/h6-10H,1-5,16H2,(H,21,23)(H,17,18,19,20)/t9-,10-/m1/s1. The van der Waals surface area contributed by atoms with E-state index < -0.39 is 0 Å². The third-order valence-corrected chi connectivity index (χ3v) is 5.44. The minimum atomic E-state index is -0.0537. The number of aromatic nitrogens is 4. The average Bonchev–Trinajstić information content (AvgIpc) is 3.24. The highest BCUT2D eigenvalue weighted by Gasteiger charge is 2.28. The molecule has 4 rings (SSSR count). The summed E-state index contributed by atoms with van der Waals surface area (Å²) in [5.41, 5.74) is 7.44. The lowest BCUT2D eigenvalue weighted by Crippen LogP contribution is -2.44. The van der Waals surface area contributed by atoms with Crippen LogP contribution in [0.2, 0.25) is 0 Å². The highest BCUT2D eigenvalue weighted by atomic mass is 32.2. The number of aromatic amines is 1. The Bertz CT molecular complexity index is 789. The van der Waals surface area contributed by atoms with E-state index in [4.69, 9.17) is 5.73 Å². The zero-order chi connectivity index (χ0) is 16.5. The van der Waals surface area contributed by atoms with E-state index in [1.807, 2.05) is 11.1 Å². The first-order chi connectivity index (χ1) is 11.7. The van der Waals surface area contributed by atoms with Gasteiger partial charge in [-0.25, -0.2) is 15.0 Å². The van der Waals surface area contributed by atoms with E-state index in [1.165, 1.54) is 6.33 Å². The van der Waals surface area contributed by atoms with Crippen LogP contribution in [0.25, 0.3) is 11.2 Å². The van der Waals surface area contributed by atoms with Crippen molar-refractivity contribution < 1.29 is 4.79 Å². The predicted molar refractivity (Wildman–Crippen MR) is 93.3 cm³/mol. The van der Waals surface area contributed by atoms with Crippen LogP contribution in [0.1, 0.15) is 19.3 Å². The number of hydrogen-bond acceptors (Lipinski definition) is 7. The second kappa shape index (κ2) is 6.40. The number of anilines is 1. The maximum atomic E-state index is 12.6. The molecule has 1 aliphatic carbocycles. The molecular weight excluding hydrogens is 326 g/mol. The number of fused-ring (bicyclic) bond motifs is 1. The van der Waals surface area contributed by atoms with Crippen molar-refractivity contribution in [2.24, 2.45) is 5.73 Å². The van der Waals surface area contributed by atoms with Gasteiger partial charge in [0, 0.05) is 30.6 Å². The molecule has 24 heavy (non-hydrogen) atoms. The van der Waals surface area contributed by atoms with Gasteiger partial charge in [0.25, 0.3) is 5.91 Å². The van der Waals surface area contributed by atoms with E-state index in [2.05, 4.69) is 25.3 Å². The topological polar surface area (TPSA) is 113 Å². The van der Waals surface area contributed by atoms with E-state index in [9.17, 15) is 4.79 Å². The number of rotatable bonds is 3. The summed E-state index contributed by atoms with van der Waals surface area (Å²) in [5, 5.41) is 3.07. The molecule has 8 nitrogen and oxygen atoms in total. The Hall–Kier alpha value is -2.13. The van der Waals surface area contributed by atoms with Crippen molar-refractivity contribution in [2.75, 3.05) is 17.2 Å². The largest absolute Gasteiger partial charge is 0.347 e. The second-order valence-corrected chi connectivity index (χ2v) is 7.15. The number of carbonyl (C=O) groups is 1. The van der Waals surface area contributed by atoms with Crippen LogP contribution < -0.4 is 16.0 Å². The van der Waals surface area contributed by atoms with Crippen molar-refractivity contribution >= 4 is 34.7 Å². The third kappa shape index (κ3) is 2.84. The van der Waals surface area contributed by atoms with Gasteiger partial charge in [-0.05, 0) is 19.3 Å². The van der Waals surface area contributed by atoms with Gasteiger partial charge in [-0.15, -0.1) is 11.8 Å². The highest BCUT2D eigenvalue weighted by Crippen LogP contribution is 2.28. The molecule has 0 aromatic carbocycles. The number of H-pyrrole nitrogens is 1. The predicted octanol–water partition coefficient (Wildman–Crippen LogP) is 0.744. The van der Waals surface area contributed by atoms with E-state index in [0.717, 1.165) is 42.9 Å². The summed E-state index contributed by atoms with van der Waals surface area (Å²) < 4.78 is 0. The molecule has 1 aliphatic heterocycles.